The van der Waals surface area contributed by atoms with Gasteiger partial charge in [0.05, 0.1) is 13.7 Å². The van der Waals surface area contributed by atoms with Gasteiger partial charge in [0, 0.05) is 17.3 Å². The second kappa shape index (κ2) is 5.88. The number of hydrogen-bond donors (Lipinski definition) is 1. The maximum Gasteiger partial charge on any atom is 0.253 e. The lowest BCUT2D eigenvalue weighted by Gasteiger charge is -2.17. The molecule has 2 rings (SSSR count). The Balaban J connectivity index is 2.33. The fraction of sp³-hybridized carbons (Fsp3) is 0.333. The van der Waals surface area contributed by atoms with Gasteiger partial charge in [0.2, 0.25) is 0 Å². The number of benzene rings is 1. The van der Waals surface area contributed by atoms with Gasteiger partial charge >= 0.3 is 0 Å². The molecule has 0 amide bonds. The molecule has 0 aliphatic rings. The first-order valence-corrected chi connectivity index (χ1v) is 6.39. The summed E-state index contributed by atoms with van der Waals surface area (Å²) in [6, 6.07) is 8.68. The number of methoxy groups -OCH3 is 1. The summed E-state index contributed by atoms with van der Waals surface area (Å²) in [4.78, 5) is 16.2. The summed E-state index contributed by atoms with van der Waals surface area (Å²) in [5.41, 5.74) is 1.17. The van der Waals surface area contributed by atoms with Crippen LogP contribution in [0.1, 0.15) is 23.2 Å². The summed E-state index contributed by atoms with van der Waals surface area (Å²) >= 11 is 0. The van der Waals surface area contributed by atoms with Gasteiger partial charge in [-0.15, -0.1) is 0 Å². The lowest BCUT2D eigenvalue weighted by Crippen LogP contribution is -2.26. The van der Waals surface area contributed by atoms with Gasteiger partial charge in [-0.1, -0.05) is 18.2 Å². The van der Waals surface area contributed by atoms with E-state index in [1.54, 1.807) is 33.1 Å². The highest BCUT2D eigenvalue weighted by atomic mass is 16.5. The molecule has 1 aromatic heterocycles. The molecule has 1 unspecified atom stereocenters. The molecule has 20 heavy (non-hydrogen) atoms. The molecule has 1 heterocycles. The summed E-state index contributed by atoms with van der Waals surface area (Å²) in [5, 5.41) is 10.3. The highest BCUT2D eigenvalue weighted by Gasteiger charge is 2.15. The number of aliphatic hydroxyl groups is 1. The van der Waals surface area contributed by atoms with Crippen molar-refractivity contribution in [2.24, 2.45) is 0 Å². The fourth-order valence-electron chi connectivity index (χ4n) is 2.20. The van der Waals surface area contributed by atoms with Gasteiger partial charge in [0.1, 0.15) is 17.7 Å². The van der Waals surface area contributed by atoms with E-state index in [4.69, 9.17) is 4.74 Å². The van der Waals surface area contributed by atoms with Crippen LogP contribution in [0.2, 0.25) is 0 Å². The lowest BCUT2D eigenvalue weighted by atomic mass is 10.1. The van der Waals surface area contributed by atoms with E-state index < -0.39 is 6.10 Å². The summed E-state index contributed by atoms with van der Waals surface area (Å²) in [7, 11) is 1.55. The molecule has 0 saturated carbocycles. The Bertz CT molecular complexity index is 664. The van der Waals surface area contributed by atoms with E-state index in [2.05, 4.69) is 4.98 Å². The molecule has 0 radical (unpaired) electrons. The van der Waals surface area contributed by atoms with Gasteiger partial charge in [-0.05, 0) is 19.9 Å². The zero-order valence-corrected chi connectivity index (χ0v) is 11.8. The molecule has 5 nitrogen and oxygen atoms in total. The lowest BCUT2D eigenvalue weighted by molar-refractivity contribution is 0.150. The number of aromatic nitrogens is 2. The minimum Gasteiger partial charge on any atom is -0.496 e. The minimum absolute atomic E-state index is 0.151. The summed E-state index contributed by atoms with van der Waals surface area (Å²) < 4.78 is 6.68. The van der Waals surface area contributed by atoms with Crippen LogP contribution in [0.15, 0.2) is 35.1 Å². The Morgan fingerprint density at radius 1 is 1.35 bits per heavy atom. The SMILES string of the molecule is COc1ccccc1C(O)Cn1c(C)nc(C)cc1=O. The van der Waals surface area contributed by atoms with Gasteiger partial charge in [-0.3, -0.25) is 9.36 Å². The zero-order chi connectivity index (χ0) is 14.7. The predicted molar refractivity (Wildman–Crippen MR) is 75.9 cm³/mol. The summed E-state index contributed by atoms with van der Waals surface area (Å²) in [6.45, 7) is 3.68. The largest absolute Gasteiger partial charge is 0.496 e. The molecule has 0 spiro atoms. The van der Waals surface area contributed by atoms with E-state index in [1.165, 1.54) is 10.6 Å². The van der Waals surface area contributed by atoms with Crippen LogP contribution in [0, 0.1) is 13.8 Å². The number of hydrogen-bond acceptors (Lipinski definition) is 4. The third kappa shape index (κ3) is 2.88. The molecule has 1 N–H and O–H groups in total. The average molecular weight is 274 g/mol. The molecule has 0 bridgehead atoms. The van der Waals surface area contributed by atoms with Gasteiger partial charge < -0.3 is 9.84 Å². The van der Waals surface area contributed by atoms with Gasteiger partial charge in [0.25, 0.3) is 5.56 Å². The number of rotatable bonds is 4. The van der Waals surface area contributed by atoms with E-state index >= 15 is 0 Å². The third-order valence-electron chi connectivity index (χ3n) is 3.18. The summed E-state index contributed by atoms with van der Waals surface area (Å²) in [5.74, 6) is 1.19. The minimum atomic E-state index is -0.827. The van der Waals surface area contributed by atoms with E-state index in [0.717, 1.165) is 0 Å². The Morgan fingerprint density at radius 3 is 2.70 bits per heavy atom. The number of para-hydroxylation sites is 1. The Kier molecular flexibility index (Phi) is 4.20. The standard InChI is InChI=1S/C15H18N2O3/c1-10-8-15(19)17(11(2)16-10)9-13(18)12-6-4-5-7-14(12)20-3/h4-8,13,18H,9H2,1-3H3. The Hall–Kier alpha value is -2.14. The van der Waals surface area contributed by atoms with Crippen molar-refractivity contribution in [3.63, 3.8) is 0 Å². The van der Waals surface area contributed by atoms with Crippen LogP contribution < -0.4 is 10.3 Å². The highest BCUT2D eigenvalue weighted by molar-refractivity contribution is 5.34. The molecule has 106 valence electrons. The van der Waals surface area contributed by atoms with Crippen molar-refractivity contribution in [2.75, 3.05) is 7.11 Å². The van der Waals surface area contributed by atoms with Crippen LogP contribution in [0.25, 0.3) is 0 Å². The normalized spacial score (nSPS) is 12.2. The zero-order valence-electron chi connectivity index (χ0n) is 11.8. The third-order valence-corrected chi connectivity index (χ3v) is 3.18. The number of ether oxygens (including phenoxy) is 1. The fourth-order valence-corrected chi connectivity index (χ4v) is 2.20. The van der Waals surface area contributed by atoms with Crippen LogP contribution in [0.5, 0.6) is 5.75 Å². The van der Waals surface area contributed by atoms with E-state index in [-0.39, 0.29) is 12.1 Å². The van der Waals surface area contributed by atoms with E-state index in [1.807, 2.05) is 12.1 Å². The second-order valence-electron chi connectivity index (χ2n) is 4.65. The average Bonchev–Trinajstić information content (AvgIpc) is 2.42. The monoisotopic (exact) mass is 274 g/mol. The second-order valence-corrected chi connectivity index (χ2v) is 4.65. The highest BCUT2D eigenvalue weighted by Crippen LogP contribution is 2.25. The number of aryl methyl sites for hydroxylation is 2. The molecular weight excluding hydrogens is 256 g/mol. The van der Waals surface area contributed by atoms with Gasteiger partial charge in [-0.2, -0.15) is 0 Å². The molecule has 0 fully saturated rings. The van der Waals surface area contributed by atoms with Crippen molar-refractivity contribution in [3.8, 4) is 5.75 Å². The molecule has 1 aromatic carbocycles. The maximum absolute atomic E-state index is 12.0. The summed E-state index contributed by atoms with van der Waals surface area (Å²) in [6.07, 6.45) is -0.827. The van der Waals surface area contributed by atoms with Crippen molar-refractivity contribution in [1.29, 1.82) is 0 Å². The Labute approximate surface area is 117 Å². The van der Waals surface area contributed by atoms with Crippen LogP contribution >= 0.6 is 0 Å². The quantitative estimate of drug-likeness (QED) is 0.919. The topological polar surface area (TPSA) is 64.3 Å². The van der Waals surface area contributed by atoms with Crippen molar-refractivity contribution in [2.45, 2.75) is 26.5 Å². The van der Waals surface area contributed by atoms with E-state index in [0.29, 0.717) is 22.8 Å². The molecule has 0 aliphatic carbocycles. The Morgan fingerprint density at radius 2 is 2.05 bits per heavy atom. The molecule has 1 atom stereocenters. The van der Waals surface area contributed by atoms with E-state index in [9.17, 15) is 9.90 Å². The maximum atomic E-state index is 12.0. The van der Waals surface area contributed by atoms with Crippen molar-refractivity contribution in [1.82, 2.24) is 9.55 Å². The van der Waals surface area contributed by atoms with Crippen molar-refractivity contribution < 1.29 is 9.84 Å². The smallest absolute Gasteiger partial charge is 0.253 e. The predicted octanol–water partition coefficient (Wildman–Crippen LogP) is 1.60. The number of aliphatic hydroxyl groups excluding tert-OH is 1. The number of nitrogens with zero attached hydrogens (tertiary/aromatic N) is 2. The van der Waals surface area contributed by atoms with Crippen LogP contribution in [-0.2, 0) is 6.54 Å². The van der Waals surface area contributed by atoms with Crippen molar-refractivity contribution >= 4 is 0 Å². The van der Waals surface area contributed by atoms with Crippen molar-refractivity contribution in [3.05, 3.63) is 57.8 Å². The van der Waals surface area contributed by atoms with Crippen LogP contribution in [0.4, 0.5) is 0 Å². The first-order valence-electron chi connectivity index (χ1n) is 6.39. The van der Waals surface area contributed by atoms with Gasteiger partial charge in [-0.25, -0.2) is 4.98 Å². The first-order chi connectivity index (χ1) is 9.52. The molecule has 0 aliphatic heterocycles. The van der Waals surface area contributed by atoms with Gasteiger partial charge in [0.15, 0.2) is 0 Å². The first kappa shape index (κ1) is 14.3. The van der Waals surface area contributed by atoms with Crippen LogP contribution in [0.3, 0.4) is 0 Å². The molecular formula is C15H18N2O3. The van der Waals surface area contributed by atoms with Crippen LogP contribution in [-0.4, -0.2) is 21.8 Å². The molecule has 0 saturated heterocycles. The molecule has 2 aromatic rings. The molecule has 5 heteroatoms.